The Labute approximate surface area is 124 Å². The molecule has 0 aliphatic heterocycles. The average molecular weight is 334 g/mol. The van der Waals surface area contributed by atoms with Crippen LogP contribution in [0, 0.1) is 6.92 Å². The summed E-state index contributed by atoms with van der Waals surface area (Å²) in [6.45, 7) is 2.56. The molecule has 2 nitrogen and oxygen atoms in total. The molecule has 0 aliphatic carbocycles. The predicted molar refractivity (Wildman–Crippen MR) is 82.8 cm³/mol. The van der Waals surface area contributed by atoms with Gasteiger partial charge in [0.1, 0.15) is 12.4 Å². The first kappa shape index (κ1) is 12.6. The maximum atomic E-state index is 5.87. The summed E-state index contributed by atoms with van der Waals surface area (Å²) < 4.78 is 6.87. The number of aromatic nitrogens is 1. The average Bonchev–Trinajstić information content (AvgIpc) is 2.84. The summed E-state index contributed by atoms with van der Waals surface area (Å²) >= 11 is 5.29. The lowest BCUT2D eigenvalue weighted by molar-refractivity contribution is 0.308. The quantitative estimate of drug-likeness (QED) is 0.676. The second-order valence-corrected chi connectivity index (χ2v) is 6.35. The van der Waals surface area contributed by atoms with Crippen molar-refractivity contribution in [2.45, 2.75) is 13.5 Å². The van der Waals surface area contributed by atoms with Gasteiger partial charge in [-0.3, -0.25) is 0 Å². The highest BCUT2D eigenvalue weighted by Gasteiger charge is 2.07. The molecule has 0 spiro atoms. The van der Waals surface area contributed by atoms with Gasteiger partial charge in [-0.1, -0.05) is 30.3 Å². The van der Waals surface area contributed by atoms with Crippen LogP contribution in [0.2, 0.25) is 0 Å². The highest BCUT2D eigenvalue weighted by Crippen LogP contribution is 2.33. The third-order valence-electron chi connectivity index (χ3n) is 2.87. The number of rotatable bonds is 3. The van der Waals surface area contributed by atoms with Gasteiger partial charge < -0.3 is 4.74 Å². The highest BCUT2D eigenvalue weighted by molar-refractivity contribution is 9.10. The van der Waals surface area contributed by atoms with Crippen LogP contribution in [0.4, 0.5) is 0 Å². The van der Waals surface area contributed by atoms with E-state index in [1.54, 1.807) is 11.3 Å². The van der Waals surface area contributed by atoms with E-state index in [9.17, 15) is 0 Å². The molecule has 0 radical (unpaired) electrons. The number of aryl methyl sites for hydroxylation is 1. The van der Waals surface area contributed by atoms with Gasteiger partial charge in [0.15, 0.2) is 0 Å². The molecule has 96 valence electrons. The third-order valence-corrected chi connectivity index (χ3v) is 4.57. The highest BCUT2D eigenvalue weighted by atomic mass is 79.9. The Morgan fingerprint density at radius 1 is 1.21 bits per heavy atom. The van der Waals surface area contributed by atoms with E-state index in [0.717, 1.165) is 20.1 Å². The number of thiazole rings is 1. The Morgan fingerprint density at radius 3 is 2.84 bits per heavy atom. The van der Waals surface area contributed by atoms with Gasteiger partial charge in [0.2, 0.25) is 0 Å². The largest absolute Gasteiger partial charge is 0.487 e. The van der Waals surface area contributed by atoms with Gasteiger partial charge in [-0.05, 0) is 39.7 Å². The maximum Gasteiger partial charge on any atom is 0.134 e. The van der Waals surface area contributed by atoms with Gasteiger partial charge in [0.25, 0.3) is 0 Å². The maximum absolute atomic E-state index is 5.87. The normalized spacial score (nSPS) is 10.8. The van der Waals surface area contributed by atoms with Crippen molar-refractivity contribution in [3.8, 4) is 5.75 Å². The number of halogens is 1. The minimum absolute atomic E-state index is 0.558. The van der Waals surface area contributed by atoms with E-state index < -0.39 is 0 Å². The molecule has 19 heavy (non-hydrogen) atoms. The molecule has 0 saturated carbocycles. The summed E-state index contributed by atoms with van der Waals surface area (Å²) in [5.74, 6) is 0.866. The molecule has 0 N–H and O–H groups in total. The summed E-state index contributed by atoms with van der Waals surface area (Å²) in [6, 6.07) is 12.3. The van der Waals surface area contributed by atoms with Crippen LogP contribution in [-0.2, 0) is 6.61 Å². The fourth-order valence-electron chi connectivity index (χ4n) is 1.95. The van der Waals surface area contributed by atoms with Crippen LogP contribution in [-0.4, -0.2) is 4.98 Å². The molecule has 2 aromatic carbocycles. The van der Waals surface area contributed by atoms with E-state index in [2.05, 4.69) is 39.1 Å². The molecule has 4 heteroatoms. The van der Waals surface area contributed by atoms with Crippen LogP contribution in [0.5, 0.6) is 5.75 Å². The molecule has 1 aromatic heterocycles. The zero-order valence-corrected chi connectivity index (χ0v) is 12.8. The summed E-state index contributed by atoms with van der Waals surface area (Å²) in [5, 5.41) is 3.44. The van der Waals surface area contributed by atoms with Crippen LogP contribution in [0.15, 0.2) is 47.1 Å². The molecule has 0 fully saturated rings. The first-order chi connectivity index (χ1) is 9.24. The number of hydrogen-bond donors (Lipinski definition) is 0. The Kier molecular flexibility index (Phi) is 3.53. The molecule has 0 unspecified atom stereocenters. The summed E-state index contributed by atoms with van der Waals surface area (Å²) in [6.07, 6.45) is 1.87. The molecule has 0 atom stereocenters. The second kappa shape index (κ2) is 5.31. The smallest absolute Gasteiger partial charge is 0.134 e. The van der Waals surface area contributed by atoms with Crippen molar-refractivity contribution in [3.05, 3.63) is 57.0 Å². The Hall–Kier alpha value is -1.39. The number of benzene rings is 2. The molecule has 0 saturated heterocycles. The van der Waals surface area contributed by atoms with Crippen molar-refractivity contribution >= 4 is 38.0 Å². The van der Waals surface area contributed by atoms with Gasteiger partial charge >= 0.3 is 0 Å². The lowest BCUT2D eigenvalue weighted by Crippen LogP contribution is -1.94. The van der Waals surface area contributed by atoms with E-state index in [-0.39, 0.29) is 0 Å². The molecular weight excluding hydrogens is 322 g/mol. The molecule has 1 heterocycles. The van der Waals surface area contributed by atoms with Crippen LogP contribution >= 0.6 is 27.3 Å². The molecule has 0 aliphatic rings. The lowest BCUT2D eigenvalue weighted by Gasteiger charge is -2.09. The molecule has 3 aromatic rings. The fourth-order valence-corrected chi connectivity index (χ4v) is 3.26. The van der Waals surface area contributed by atoms with Crippen LogP contribution < -0.4 is 4.74 Å². The minimum Gasteiger partial charge on any atom is -0.487 e. The number of hydrogen-bond acceptors (Lipinski definition) is 3. The minimum atomic E-state index is 0.558. The molecular formula is C15H12BrNOS. The standard InChI is InChI=1S/C15H12BrNOS/c1-10-17-8-12(19-10)9-18-14-7-6-11-4-2-3-5-13(11)15(14)16/h2-8H,9H2,1H3. The Morgan fingerprint density at radius 2 is 2.05 bits per heavy atom. The third kappa shape index (κ3) is 2.65. The summed E-state index contributed by atoms with van der Waals surface area (Å²) in [7, 11) is 0. The molecule has 0 amide bonds. The van der Waals surface area contributed by atoms with Gasteiger partial charge in [0, 0.05) is 6.20 Å². The Balaban J connectivity index is 1.87. The molecule has 3 rings (SSSR count). The first-order valence-corrected chi connectivity index (χ1v) is 7.56. The number of nitrogens with zero attached hydrogens (tertiary/aromatic N) is 1. The van der Waals surface area contributed by atoms with Crippen molar-refractivity contribution in [3.63, 3.8) is 0 Å². The van der Waals surface area contributed by atoms with E-state index in [1.165, 1.54) is 10.8 Å². The number of fused-ring (bicyclic) bond motifs is 1. The van der Waals surface area contributed by atoms with Crippen LogP contribution in [0.1, 0.15) is 9.88 Å². The first-order valence-electron chi connectivity index (χ1n) is 5.95. The summed E-state index contributed by atoms with van der Waals surface area (Å²) in [5.41, 5.74) is 0. The molecule has 0 bridgehead atoms. The lowest BCUT2D eigenvalue weighted by atomic mass is 10.1. The van der Waals surface area contributed by atoms with Crippen LogP contribution in [0.25, 0.3) is 10.8 Å². The van der Waals surface area contributed by atoms with Crippen molar-refractivity contribution in [2.75, 3.05) is 0 Å². The Bertz CT molecular complexity index is 723. The SMILES string of the molecule is Cc1ncc(COc2ccc3ccccc3c2Br)s1. The van der Waals surface area contributed by atoms with Gasteiger partial charge in [-0.25, -0.2) is 4.98 Å². The fraction of sp³-hybridized carbons (Fsp3) is 0.133. The van der Waals surface area contributed by atoms with Crippen molar-refractivity contribution in [1.29, 1.82) is 0 Å². The summed E-state index contributed by atoms with van der Waals surface area (Å²) in [4.78, 5) is 5.36. The monoisotopic (exact) mass is 333 g/mol. The van der Waals surface area contributed by atoms with E-state index in [0.29, 0.717) is 6.61 Å². The number of ether oxygens (including phenoxy) is 1. The zero-order chi connectivity index (χ0) is 13.2. The van der Waals surface area contributed by atoms with Crippen molar-refractivity contribution in [2.24, 2.45) is 0 Å². The topological polar surface area (TPSA) is 22.1 Å². The van der Waals surface area contributed by atoms with Gasteiger partial charge in [-0.2, -0.15) is 0 Å². The van der Waals surface area contributed by atoms with Crippen LogP contribution in [0.3, 0.4) is 0 Å². The van der Waals surface area contributed by atoms with Gasteiger partial charge in [-0.15, -0.1) is 11.3 Å². The zero-order valence-electron chi connectivity index (χ0n) is 10.4. The van der Waals surface area contributed by atoms with E-state index in [1.807, 2.05) is 31.3 Å². The van der Waals surface area contributed by atoms with E-state index in [4.69, 9.17) is 4.74 Å². The van der Waals surface area contributed by atoms with Crippen molar-refractivity contribution < 1.29 is 4.74 Å². The van der Waals surface area contributed by atoms with Gasteiger partial charge in [0.05, 0.1) is 14.4 Å². The van der Waals surface area contributed by atoms with Crippen molar-refractivity contribution in [1.82, 2.24) is 4.98 Å². The second-order valence-electron chi connectivity index (χ2n) is 4.23. The predicted octanol–water partition coefficient (Wildman–Crippen LogP) is 4.95. The van der Waals surface area contributed by atoms with E-state index >= 15 is 0 Å².